The Bertz CT molecular complexity index is 647. The summed E-state index contributed by atoms with van der Waals surface area (Å²) in [6.07, 6.45) is 0. The monoisotopic (exact) mass is 418 g/mol. The number of nitrogens with one attached hydrogen (secondary N) is 1. The molecule has 0 aliphatic heterocycles. The molecule has 0 radical (unpaired) electrons. The highest BCUT2D eigenvalue weighted by Crippen LogP contribution is 2.31. The van der Waals surface area contributed by atoms with E-state index >= 15 is 0 Å². The third-order valence-corrected chi connectivity index (χ3v) is 4.08. The lowest BCUT2D eigenvalue weighted by Crippen LogP contribution is -2.12. The third-order valence-electron chi connectivity index (χ3n) is 2.44. The number of hydrogen-bond acceptors (Lipinski definition) is 2. The Morgan fingerprint density at radius 2 is 1.84 bits per heavy atom. The van der Waals surface area contributed by atoms with E-state index in [1.807, 2.05) is 24.3 Å². The molecule has 0 saturated heterocycles. The van der Waals surface area contributed by atoms with Crippen molar-refractivity contribution in [2.24, 2.45) is 5.73 Å². The number of halogens is 3. The van der Waals surface area contributed by atoms with Crippen LogP contribution in [0.25, 0.3) is 0 Å². The first-order valence-electron chi connectivity index (χ1n) is 5.29. The molecule has 2 aromatic carbocycles. The maximum atomic E-state index is 5.96. The molecule has 0 amide bonds. The van der Waals surface area contributed by atoms with Crippen molar-refractivity contribution in [3.05, 3.63) is 55.9 Å². The molecule has 19 heavy (non-hydrogen) atoms. The van der Waals surface area contributed by atoms with Crippen LogP contribution in [0.5, 0.6) is 0 Å². The highest BCUT2D eigenvalue weighted by molar-refractivity contribution is 9.11. The minimum absolute atomic E-state index is 0.302. The van der Waals surface area contributed by atoms with Crippen LogP contribution in [-0.2, 0) is 0 Å². The summed E-state index contributed by atoms with van der Waals surface area (Å²) in [5, 5.41) is 3.89. The van der Waals surface area contributed by atoms with E-state index in [0.29, 0.717) is 10.0 Å². The van der Waals surface area contributed by atoms with Crippen molar-refractivity contribution < 1.29 is 0 Å². The summed E-state index contributed by atoms with van der Waals surface area (Å²) in [4.78, 5) is 0.302. The SMILES string of the molecule is NC(=S)c1cc(Cl)ccc1Nc1cc(Br)ccc1Br. The summed E-state index contributed by atoms with van der Waals surface area (Å²) in [5.41, 5.74) is 8.16. The van der Waals surface area contributed by atoms with Crippen molar-refractivity contribution in [2.45, 2.75) is 0 Å². The molecule has 0 heterocycles. The van der Waals surface area contributed by atoms with Gasteiger partial charge in [0.05, 0.1) is 5.69 Å². The Labute approximate surface area is 138 Å². The zero-order chi connectivity index (χ0) is 14.0. The Morgan fingerprint density at radius 1 is 1.11 bits per heavy atom. The first-order chi connectivity index (χ1) is 8.97. The van der Waals surface area contributed by atoms with E-state index in [9.17, 15) is 0 Å². The van der Waals surface area contributed by atoms with Crippen LogP contribution in [0.2, 0.25) is 5.02 Å². The molecule has 0 saturated carbocycles. The Kier molecular flexibility index (Phi) is 4.84. The van der Waals surface area contributed by atoms with Gasteiger partial charge in [-0.25, -0.2) is 0 Å². The van der Waals surface area contributed by atoms with E-state index in [1.165, 1.54) is 0 Å². The van der Waals surface area contributed by atoms with Crippen LogP contribution in [0, 0.1) is 0 Å². The van der Waals surface area contributed by atoms with Gasteiger partial charge in [0.25, 0.3) is 0 Å². The molecular formula is C13H9Br2ClN2S. The maximum absolute atomic E-state index is 5.96. The lowest BCUT2D eigenvalue weighted by molar-refractivity contribution is 1.49. The zero-order valence-corrected chi connectivity index (χ0v) is 14.3. The second-order valence-corrected chi connectivity index (χ2v) is 6.45. The number of hydrogen-bond donors (Lipinski definition) is 2. The number of thiocarbonyl (C=S) groups is 1. The normalized spacial score (nSPS) is 10.3. The molecule has 0 fully saturated rings. The van der Waals surface area contributed by atoms with Crippen LogP contribution in [0.4, 0.5) is 11.4 Å². The second-order valence-electron chi connectivity index (χ2n) is 3.80. The van der Waals surface area contributed by atoms with E-state index in [4.69, 9.17) is 29.6 Å². The van der Waals surface area contributed by atoms with Gasteiger partial charge >= 0.3 is 0 Å². The van der Waals surface area contributed by atoms with Gasteiger partial charge in [0.2, 0.25) is 0 Å². The molecule has 0 spiro atoms. The van der Waals surface area contributed by atoms with E-state index in [0.717, 1.165) is 25.9 Å². The van der Waals surface area contributed by atoms with Gasteiger partial charge < -0.3 is 11.1 Å². The smallest absolute Gasteiger partial charge is 0.106 e. The Morgan fingerprint density at radius 3 is 2.53 bits per heavy atom. The second kappa shape index (κ2) is 6.22. The van der Waals surface area contributed by atoms with Crippen LogP contribution in [0.15, 0.2) is 45.3 Å². The van der Waals surface area contributed by atoms with Crippen LogP contribution >= 0.6 is 55.7 Å². The Balaban J connectivity index is 2.43. The molecule has 2 rings (SSSR count). The molecule has 98 valence electrons. The summed E-state index contributed by atoms with van der Waals surface area (Å²) in [7, 11) is 0. The lowest BCUT2D eigenvalue weighted by Gasteiger charge is -2.13. The fourth-order valence-corrected chi connectivity index (χ4v) is 2.62. The summed E-state index contributed by atoms with van der Waals surface area (Å²) in [6.45, 7) is 0. The van der Waals surface area contributed by atoms with E-state index < -0.39 is 0 Å². The van der Waals surface area contributed by atoms with Crippen molar-refractivity contribution in [2.75, 3.05) is 5.32 Å². The zero-order valence-electron chi connectivity index (χ0n) is 9.58. The average molecular weight is 421 g/mol. The van der Waals surface area contributed by atoms with E-state index in [2.05, 4.69) is 37.2 Å². The third kappa shape index (κ3) is 3.69. The van der Waals surface area contributed by atoms with Crippen LogP contribution in [-0.4, -0.2) is 4.99 Å². The molecule has 2 nitrogen and oxygen atoms in total. The van der Waals surface area contributed by atoms with Crippen LogP contribution < -0.4 is 11.1 Å². The summed E-state index contributed by atoms with van der Waals surface area (Å²) < 4.78 is 1.92. The average Bonchev–Trinajstić information content (AvgIpc) is 2.35. The minimum Gasteiger partial charge on any atom is -0.389 e. The van der Waals surface area contributed by atoms with E-state index in [-0.39, 0.29) is 0 Å². The number of nitrogens with two attached hydrogens (primary N) is 1. The quantitative estimate of drug-likeness (QED) is 0.667. The first kappa shape index (κ1) is 14.8. The topological polar surface area (TPSA) is 38.0 Å². The molecule has 0 aromatic heterocycles. The van der Waals surface area contributed by atoms with Gasteiger partial charge in [-0.15, -0.1) is 0 Å². The van der Waals surface area contributed by atoms with Gasteiger partial charge in [0.15, 0.2) is 0 Å². The van der Waals surface area contributed by atoms with Crippen molar-refractivity contribution in [1.82, 2.24) is 0 Å². The predicted octanol–water partition coefficient (Wildman–Crippen LogP) is 5.24. The van der Waals surface area contributed by atoms with Gasteiger partial charge in [-0.05, 0) is 52.3 Å². The predicted molar refractivity (Wildman–Crippen MR) is 92.5 cm³/mol. The van der Waals surface area contributed by atoms with Crippen molar-refractivity contribution in [3.63, 3.8) is 0 Å². The van der Waals surface area contributed by atoms with Crippen LogP contribution in [0.1, 0.15) is 5.56 Å². The fraction of sp³-hybridized carbons (Fsp3) is 0. The molecule has 0 unspecified atom stereocenters. The number of rotatable bonds is 3. The molecule has 0 aliphatic rings. The number of anilines is 2. The van der Waals surface area contributed by atoms with Crippen molar-refractivity contribution in [1.29, 1.82) is 0 Å². The van der Waals surface area contributed by atoms with Gasteiger partial charge in [-0.1, -0.05) is 39.7 Å². The minimum atomic E-state index is 0.302. The molecular weight excluding hydrogens is 411 g/mol. The molecule has 0 atom stereocenters. The van der Waals surface area contributed by atoms with Crippen molar-refractivity contribution >= 4 is 72.0 Å². The summed E-state index contributed by atoms with van der Waals surface area (Å²) >= 11 is 17.9. The highest BCUT2D eigenvalue weighted by atomic mass is 79.9. The molecule has 2 aromatic rings. The Hall–Kier alpha value is -0.620. The molecule has 0 aliphatic carbocycles. The van der Waals surface area contributed by atoms with Gasteiger partial charge in [0, 0.05) is 25.2 Å². The maximum Gasteiger partial charge on any atom is 0.106 e. The van der Waals surface area contributed by atoms with E-state index in [1.54, 1.807) is 12.1 Å². The van der Waals surface area contributed by atoms with Gasteiger partial charge in [-0.3, -0.25) is 0 Å². The number of benzene rings is 2. The fourth-order valence-electron chi connectivity index (χ4n) is 1.57. The standard InChI is InChI=1S/C13H9Br2ClN2S/c14-7-1-3-10(15)12(5-7)18-11-4-2-8(16)6-9(11)13(17)19/h1-6,18H,(H2,17,19). The highest BCUT2D eigenvalue weighted by Gasteiger charge is 2.08. The summed E-state index contributed by atoms with van der Waals surface area (Å²) in [5.74, 6) is 0. The first-order valence-corrected chi connectivity index (χ1v) is 7.66. The largest absolute Gasteiger partial charge is 0.389 e. The van der Waals surface area contributed by atoms with Gasteiger partial charge in [0.1, 0.15) is 4.99 Å². The van der Waals surface area contributed by atoms with Crippen molar-refractivity contribution in [3.8, 4) is 0 Å². The molecule has 3 N–H and O–H groups in total. The summed E-state index contributed by atoms with van der Waals surface area (Å²) in [6, 6.07) is 11.2. The molecule has 6 heteroatoms. The van der Waals surface area contributed by atoms with Crippen LogP contribution in [0.3, 0.4) is 0 Å². The van der Waals surface area contributed by atoms with Gasteiger partial charge in [-0.2, -0.15) is 0 Å². The lowest BCUT2D eigenvalue weighted by atomic mass is 10.1. The molecule has 0 bridgehead atoms.